The van der Waals surface area contributed by atoms with Crippen LogP contribution in [0.2, 0.25) is 0 Å². The topological polar surface area (TPSA) is 64.7 Å². The minimum absolute atomic E-state index is 0.451. The largest absolute Gasteiger partial charge is 0.381 e. The van der Waals surface area contributed by atoms with E-state index in [1.165, 1.54) is 11.8 Å². The summed E-state index contributed by atoms with van der Waals surface area (Å²) < 4.78 is 0.934. The maximum absolute atomic E-state index is 5.92. The number of thiazole rings is 1. The molecule has 6 heteroatoms. The van der Waals surface area contributed by atoms with E-state index in [9.17, 15) is 0 Å². The standard InChI is InChI=1S/C12H10N4S2/c1-7-6-17-12(14-7)18-11-10(13)15-8-4-2-3-5-9(8)16-11/h2-6H,1H3,(H2,13,15). The maximum Gasteiger partial charge on any atom is 0.157 e. The molecule has 0 bridgehead atoms. The first-order valence-corrected chi connectivity index (χ1v) is 7.04. The fourth-order valence-electron chi connectivity index (χ4n) is 1.53. The number of nitrogen functional groups attached to an aromatic ring is 1. The molecule has 0 fully saturated rings. The van der Waals surface area contributed by atoms with Crippen molar-refractivity contribution in [2.24, 2.45) is 0 Å². The molecule has 4 nitrogen and oxygen atoms in total. The number of para-hydroxylation sites is 2. The summed E-state index contributed by atoms with van der Waals surface area (Å²) in [6.07, 6.45) is 0. The van der Waals surface area contributed by atoms with Crippen molar-refractivity contribution in [3.8, 4) is 0 Å². The van der Waals surface area contributed by atoms with Crippen LogP contribution in [0, 0.1) is 6.92 Å². The molecule has 2 aromatic heterocycles. The van der Waals surface area contributed by atoms with E-state index in [2.05, 4.69) is 15.0 Å². The minimum Gasteiger partial charge on any atom is -0.381 e. The summed E-state index contributed by atoms with van der Waals surface area (Å²) in [5.41, 5.74) is 8.60. The average Bonchev–Trinajstić information content (AvgIpc) is 2.76. The van der Waals surface area contributed by atoms with Crippen molar-refractivity contribution in [3.05, 3.63) is 35.3 Å². The smallest absolute Gasteiger partial charge is 0.157 e. The molecule has 3 aromatic rings. The van der Waals surface area contributed by atoms with Gasteiger partial charge >= 0.3 is 0 Å². The minimum atomic E-state index is 0.451. The highest BCUT2D eigenvalue weighted by molar-refractivity contribution is 8.01. The Morgan fingerprint density at radius 1 is 1.11 bits per heavy atom. The van der Waals surface area contributed by atoms with Crippen LogP contribution in [0.3, 0.4) is 0 Å². The Morgan fingerprint density at radius 3 is 2.50 bits per heavy atom. The van der Waals surface area contributed by atoms with Crippen LogP contribution in [0.15, 0.2) is 39.0 Å². The normalized spacial score (nSPS) is 10.9. The Hall–Kier alpha value is -1.66. The number of nitrogens with two attached hydrogens (primary N) is 1. The second kappa shape index (κ2) is 4.55. The van der Waals surface area contributed by atoms with Gasteiger partial charge in [0.25, 0.3) is 0 Å². The summed E-state index contributed by atoms with van der Waals surface area (Å²) in [7, 11) is 0. The van der Waals surface area contributed by atoms with Gasteiger partial charge in [-0.25, -0.2) is 15.0 Å². The van der Waals surface area contributed by atoms with Gasteiger partial charge in [0.05, 0.1) is 11.0 Å². The van der Waals surface area contributed by atoms with Gasteiger partial charge in [0, 0.05) is 11.1 Å². The molecule has 0 aliphatic heterocycles. The first-order chi connectivity index (χ1) is 8.72. The fourth-order valence-corrected chi connectivity index (χ4v) is 3.28. The van der Waals surface area contributed by atoms with Crippen LogP contribution in [-0.2, 0) is 0 Å². The van der Waals surface area contributed by atoms with Crippen molar-refractivity contribution in [1.29, 1.82) is 0 Å². The molecular weight excluding hydrogens is 264 g/mol. The third-order valence-electron chi connectivity index (χ3n) is 2.35. The number of rotatable bonds is 2. The Kier molecular flexibility index (Phi) is 2.89. The first kappa shape index (κ1) is 11.4. The number of aromatic nitrogens is 3. The van der Waals surface area contributed by atoms with Crippen molar-refractivity contribution in [2.45, 2.75) is 16.3 Å². The van der Waals surface area contributed by atoms with Crippen molar-refractivity contribution in [1.82, 2.24) is 15.0 Å². The van der Waals surface area contributed by atoms with Crippen LogP contribution < -0.4 is 5.73 Å². The van der Waals surface area contributed by atoms with E-state index in [1.807, 2.05) is 36.6 Å². The van der Waals surface area contributed by atoms with Crippen LogP contribution >= 0.6 is 23.1 Å². The summed E-state index contributed by atoms with van der Waals surface area (Å²) >= 11 is 3.05. The van der Waals surface area contributed by atoms with Crippen LogP contribution in [0.5, 0.6) is 0 Å². The van der Waals surface area contributed by atoms with Crippen LogP contribution in [0.1, 0.15) is 5.69 Å². The second-order valence-electron chi connectivity index (χ2n) is 3.76. The van der Waals surface area contributed by atoms with E-state index in [0.29, 0.717) is 10.8 Å². The summed E-state index contributed by atoms with van der Waals surface area (Å²) in [6, 6.07) is 7.70. The lowest BCUT2D eigenvalue weighted by molar-refractivity contribution is 1.11. The van der Waals surface area contributed by atoms with Gasteiger partial charge in [-0.1, -0.05) is 12.1 Å². The molecule has 0 aliphatic rings. The zero-order chi connectivity index (χ0) is 12.5. The molecule has 0 atom stereocenters. The number of benzene rings is 1. The predicted molar refractivity (Wildman–Crippen MR) is 74.9 cm³/mol. The zero-order valence-electron chi connectivity index (χ0n) is 9.62. The van der Waals surface area contributed by atoms with Crippen LogP contribution in [0.4, 0.5) is 5.82 Å². The lowest BCUT2D eigenvalue weighted by Gasteiger charge is -2.03. The van der Waals surface area contributed by atoms with Crippen molar-refractivity contribution in [3.63, 3.8) is 0 Å². The average molecular weight is 274 g/mol. The molecule has 0 saturated carbocycles. The lowest BCUT2D eigenvalue weighted by Crippen LogP contribution is -1.97. The van der Waals surface area contributed by atoms with E-state index in [-0.39, 0.29) is 0 Å². The highest BCUT2D eigenvalue weighted by atomic mass is 32.2. The van der Waals surface area contributed by atoms with Gasteiger partial charge in [0.1, 0.15) is 5.03 Å². The van der Waals surface area contributed by atoms with Crippen LogP contribution in [0.25, 0.3) is 11.0 Å². The molecule has 0 amide bonds. The van der Waals surface area contributed by atoms with Gasteiger partial charge in [0.15, 0.2) is 10.2 Å². The highest BCUT2D eigenvalue weighted by Gasteiger charge is 2.09. The molecule has 3 rings (SSSR count). The van der Waals surface area contributed by atoms with E-state index in [4.69, 9.17) is 5.73 Å². The quantitative estimate of drug-likeness (QED) is 0.777. The molecule has 0 radical (unpaired) electrons. The van der Waals surface area contributed by atoms with E-state index < -0.39 is 0 Å². The van der Waals surface area contributed by atoms with Gasteiger partial charge in [-0.15, -0.1) is 11.3 Å². The molecule has 18 heavy (non-hydrogen) atoms. The monoisotopic (exact) mass is 274 g/mol. The highest BCUT2D eigenvalue weighted by Crippen LogP contribution is 2.32. The van der Waals surface area contributed by atoms with Crippen molar-refractivity contribution in [2.75, 3.05) is 5.73 Å². The second-order valence-corrected chi connectivity index (χ2v) is 5.85. The van der Waals surface area contributed by atoms with E-state index in [1.54, 1.807) is 11.3 Å². The number of anilines is 1. The van der Waals surface area contributed by atoms with E-state index in [0.717, 1.165) is 21.1 Å². The number of hydrogen-bond donors (Lipinski definition) is 1. The Labute approximate surface area is 112 Å². The molecule has 2 heterocycles. The van der Waals surface area contributed by atoms with Gasteiger partial charge in [-0.3, -0.25) is 0 Å². The molecule has 0 unspecified atom stereocenters. The summed E-state index contributed by atoms with van der Waals surface area (Å²) in [5.74, 6) is 0.451. The predicted octanol–water partition coefficient (Wildman–Crippen LogP) is 3.13. The molecule has 90 valence electrons. The molecule has 0 aliphatic carbocycles. The molecule has 0 spiro atoms. The fraction of sp³-hybridized carbons (Fsp3) is 0.0833. The Bertz CT molecular complexity index is 708. The van der Waals surface area contributed by atoms with Gasteiger partial charge in [-0.2, -0.15) is 0 Å². The summed E-state index contributed by atoms with van der Waals surface area (Å²) in [4.78, 5) is 13.3. The number of nitrogens with zero attached hydrogens (tertiary/aromatic N) is 3. The first-order valence-electron chi connectivity index (χ1n) is 5.34. The van der Waals surface area contributed by atoms with E-state index >= 15 is 0 Å². The summed E-state index contributed by atoms with van der Waals surface area (Å²) in [6.45, 7) is 1.97. The Morgan fingerprint density at radius 2 is 1.83 bits per heavy atom. The number of fused-ring (bicyclic) bond motifs is 1. The molecular formula is C12H10N4S2. The van der Waals surface area contributed by atoms with Gasteiger partial charge in [0.2, 0.25) is 0 Å². The van der Waals surface area contributed by atoms with Crippen LogP contribution in [-0.4, -0.2) is 15.0 Å². The molecule has 2 N–H and O–H groups in total. The van der Waals surface area contributed by atoms with Gasteiger partial charge < -0.3 is 5.73 Å². The number of aryl methyl sites for hydroxylation is 1. The Balaban J connectivity index is 2.03. The third kappa shape index (κ3) is 2.16. The zero-order valence-corrected chi connectivity index (χ0v) is 11.3. The SMILES string of the molecule is Cc1csc(Sc2nc3ccccc3nc2N)n1. The summed E-state index contributed by atoms with van der Waals surface area (Å²) in [5, 5.41) is 2.72. The molecule has 1 aromatic carbocycles. The van der Waals surface area contributed by atoms with Crippen molar-refractivity contribution >= 4 is 39.9 Å². The number of hydrogen-bond acceptors (Lipinski definition) is 6. The maximum atomic E-state index is 5.92. The third-order valence-corrected chi connectivity index (χ3v) is 4.40. The van der Waals surface area contributed by atoms with Gasteiger partial charge in [-0.05, 0) is 30.8 Å². The molecule has 0 saturated heterocycles. The van der Waals surface area contributed by atoms with Crippen molar-refractivity contribution < 1.29 is 0 Å². The lowest BCUT2D eigenvalue weighted by atomic mass is 10.3.